The zero-order valence-corrected chi connectivity index (χ0v) is 24.6. The first-order chi connectivity index (χ1) is 17.5. The molecule has 1 saturated heterocycles. The number of amidine groups is 1. The van der Waals surface area contributed by atoms with Crippen LogP contribution in [0.15, 0.2) is 17.3 Å². The molecule has 2 aliphatic heterocycles. The van der Waals surface area contributed by atoms with Gasteiger partial charge >= 0.3 is 13.7 Å². The molecule has 7 atom stereocenters. The molecule has 0 amide bonds. The van der Waals surface area contributed by atoms with Gasteiger partial charge in [0.05, 0.1) is 25.4 Å². The Hall–Kier alpha value is -1.51. The maximum Gasteiger partial charge on any atom is 0.406 e. The van der Waals surface area contributed by atoms with Gasteiger partial charge in [0.15, 0.2) is 11.3 Å². The number of carbonyl (C=O) groups is 2. The van der Waals surface area contributed by atoms with E-state index in [0.717, 1.165) is 11.8 Å². The summed E-state index contributed by atoms with van der Waals surface area (Å²) in [6.07, 6.45) is -1.54. The molecule has 2 aliphatic rings. The lowest BCUT2D eigenvalue weighted by atomic mass is 10.00. The van der Waals surface area contributed by atoms with E-state index in [1.54, 1.807) is 41.5 Å². The molecule has 0 radical (unpaired) electrons. The van der Waals surface area contributed by atoms with Gasteiger partial charge in [-0.1, -0.05) is 39.5 Å². The number of aliphatic hydroxyl groups is 2. The van der Waals surface area contributed by atoms with E-state index in [4.69, 9.17) is 24.3 Å². The predicted octanol–water partition coefficient (Wildman–Crippen LogP) is 1.55. The quantitative estimate of drug-likeness (QED) is 0.148. The van der Waals surface area contributed by atoms with E-state index < -0.39 is 55.9 Å². The number of rotatable bonds is 12. The van der Waals surface area contributed by atoms with Gasteiger partial charge in [0, 0.05) is 23.3 Å². The van der Waals surface area contributed by atoms with Crippen molar-refractivity contribution in [2.45, 2.75) is 85.4 Å². The van der Waals surface area contributed by atoms with Gasteiger partial charge in [0.2, 0.25) is 6.35 Å². The SMILES string of the molecule is CC(C)OC(=O)[C@H](C)NP(=O)(OCCSC(=O)C(C)(C)C)OC[C@H]1O[C@@H](N2C=CC(N)=NC2O)[C@H](O)[C@@H]1C. The smallest absolute Gasteiger partial charge is 0.406 e. The van der Waals surface area contributed by atoms with E-state index in [2.05, 4.69) is 10.1 Å². The van der Waals surface area contributed by atoms with Crippen LogP contribution in [0.25, 0.3) is 0 Å². The maximum absolute atomic E-state index is 13.6. The number of nitrogens with two attached hydrogens (primary N) is 1. The van der Waals surface area contributed by atoms with Crippen LogP contribution in [0.1, 0.15) is 48.5 Å². The number of ether oxygens (including phenoxy) is 2. The van der Waals surface area contributed by atoms with Gasteiger partial charge in [-0.3, -0.25) is 18.6 Å². The largest absolute Gasteiger partial charge is 0.462 e. The second kappa shape index (κ2) is 13.7. The van der Waals surface area contributed by atoms with E-state index in [9.17, 15) is 24.4 Å². The normalized spacial score (nSPS) is 28.2. The Labute approximate surface area is 228 Å². The van der Waals surface area contributed by atoms with Crippen molar-refractivity contribution in [2.24, 2.45) is 22.1 Å². The highest BCUT2D eigenvalue weighted by Gasteiger charge is 2.46. The predicted molar refractivity (Wildman–Crippen MR) is 143 cm³/mol. The van der Waals surface area contributed by atoms with E-state index in [1.807, 2.05) is 0 Å². The van der Waals surface area contributed by atoms with Gasteiger partial charge in [-0.15, -0.1) is 0 Å². The summed E-state index contributed by atoms with van der Waals surface area (Å²) in [5.74, 6) is -0.779. The Kier molecular flexibility index (Phi) is 11.8. The Balaban J connectivity index is 2.06. The summed E-state index contributed by atoms with van der Waals surface area (Å²) in [6.45, 7) is 11.6. The number of carbonyl (C=O) groups excluding carboxylic acids is 2. The zero-order chi connectivity index (χ0) is 28.8. The van der Waals surface area contributed by atoms with Crippen molar-refractivity contribution in [3.8, 4) is 0 Å². The molecule has 0 aromatic rings. The molecule has 2 heterocycles. The Bertz CT molecular complexity index is 942. The Morgan fingerprint density at radius 2 is 1.95 bits per heavy atom. The minimum atomic E-state index is -4.10. The average molecular weight is 581 g/mol. The molecule has 38 heavy (non-hydrogen) atoms. The summed E-state index contributed by atoms with van der Waals surface area (Å²) in [6, 6.07) is -1.02. The van der Waals surface area contributed by atoms with E-state index in [0.29, 0.717) is 0 Å². The third-order valence-electron chi connectivity index (χ3n) is 5.63. The molecule has 0 spiro atoms. The topological polar surface area (TPSA) is 182 Å². The van der Waals surface area contributed by atoms with Crippen LogP contribution < -0.4 is 10.8 Å². The molecular formula is C23H41N4O9PS. The van der Waals surface area contributed by atoms with Crippen molar-refractivity contribution in [3.05, 3.63) is 12.3 Å². The number of nitrogens with one attached hydrogen (secondary N) is 1. The van der Waals surface area contributed by atoms with Crippen LogP contribution in [0.3, 0.4) is 0 Å². The highest BCUT2D eigenvalue weighted by molar-refractivity contribution is 8.13. The number of aliphatic hydroxyl groups excluding tert-OH is 2. The van der Waals surface area contributed by atoms with Gasteiger partial charge in [-0.05, 0) is 26.8 Å². The molecule has 1 fully saturated rings. The molecule has 0 saturated carbocycles. The summed E-state index contributed by atoms with van der Waals surface area (Å²) in [7, 11) is -4.10. The molecule has 218 valence electrons. The second-order valence-corrected chi connectivity index (χ2v) is 13.3. The maximum atomic E-state index is 13.6. The lowest BCUT2D eigenvalue weighted by Crippen LogP contribution is -2.46. The number of nitrogens with zero attached hydrogens (tertiary/aromatic N) is 2. The Morgan fingerprint density at radius 1 is 1.29 bits per heavy atom. The zero-order valence-electron chi connectivity index (χ0n) is 22.9. The van der Waals surface area contributed by atoms with Crippen LogP contribution in [0.5, 0.6) is 0 Å². The molecular weight excluding hydrogens is 539 g/mol. The number of hydrogen-bond donors (Lipinski definition) is 4. The van der Waals surface area contributed by atoms with E-state index in [-0.39, 0.29) is 36.0 Å². The molecule has 13 nitrogen and oxygen atoms in total. The lowest BCUT2D eigenvalue weighted by Gasteiger charge is -2.33. The minimum absolute atomic E-state index is 0.0491. The van der Waals surface area contributed by atoms with Crippen LogP contribution in [0, 0.1) is 11.3 Å². The molecule has 2 unspecified atom stereocenters. The third-order valence-corrected chi connectivity index (χ3v) is 8.59. The van der Waals surface area contributed by atoms with E-state index >= 15 is 0 Å². The molecule has 0 aliphatic carbocycles. The van der Waals surface area contributed by atoms with Crippen molar-refractivity contribution in [2.75, 3.05) is 19.0 Å². The fourth-order valence-corrected chi connectivity index (χ4v) is 5.80. The van der Waals surface area contributed by atoms with Crippen molar-refractivity contribution < 1.29 is 42.9 Å². The number of esters is 1. The minimum Gasteiger partial charge on any atom is -0.462 e. The summed E-state index contributed by atoms with van der Waals surface area (Å²) >= 11 is 1.05. The van der Waals surface area contributed by atoms with Gasteiger partial charge in [0.25, 0.3) is 0 Å². The van der Waals surface area contributed by atoms with Gasteiger partial charge < -0.3 is 30.3 Å². The lowest BCUT2D eigenvalue weighted by molar-refractivity contribution is -0.149. The number of thioether (sulfide) groups is 1. The summed E-state index contributed by atoms with van der Waals surface area (Å²) in [5.41, 5.74) is 5.05. The van der Waals surface area contributed by atoms with E-state index in [1.165, 1.54) is 24.1 Å². The standard InChI is InChI=1S/C23H41N4O9PS/c1-13(2)35-20(29)15(4)26-37(32,33-10-11-38-21(30)23(5,6)7)34-12-16-14(3)18(28)19(36-16)27-9-8-17(24)25-22(27)31/h8-9,13-16,18-19,22,28,31H,10-12H2,1-7H3,(H2,24,25)(H,26,32)/t14-,15+,16-,18-,19-,22?,37?/m1/s1. The van der Waals surface area contributed by atoms with Gasteiger partial charge in [0.1, 0.15) is 18.0 Å². The third kappa shape index (κ3) is 9.30. The first kappa shape index (κ1) is 32.7. The fraction of sp³-hybridized carbons (Fsp3) is 0.783. The first-order valence-electron chi connectivity index (χ1n) is 12.4. The number of hydrogen-bond acceptors (Lipinski definition) is 13. The van der Waals surface area contributed by atoms with Crippen LogP contribution in [0.4, 0.5) is 0 Å². The second-order valence-electron chi connectivity index (χ2n) is 10.4. The molecule has 2 rings (SSSR count). The fourth-order valence-electron chi connectivity index (χ4n) is 3.42. The first-order valence-corrected chi connectivity index (χ1v) is 14.9. The molecule has 0 bridgehead atoms. The summed E-state index contributed by atoms with van der Waals surface area (Å²) < 4.78 is 35.9. The summed E-state index contributed by atoms with van der Waals surface area (Å²) in [5, 5.41) is 23.5. The van der Waals surface area contributed by atoms with Crippen LogP contribution >= 0.6 is 19.5 Å². The number of aliphatic imine (C=N–C) groups is 1. The van der Waals surface area contributed by atoms with Crippen LogP contribution in [-0.4, -0.2) is 87.9 Å². The van der Waals surface area contributed by atoms with Crippen LogP contribution in [0.2, 0.25) is 0 Å². The highest BCUT2D eigenvalue weighted by Crippen LogP contribution is 2.46. The van der Waals surface area contributed by atoms with Gasteiger partial charge in [-0.25, -0.2) is 14.6 Å². The molecule has 15 heteroatoms. The Morgan fingerprint density at radius 3 is 2.53 bits per heavy atom. The summed E-state index contributed by atoms with van der Waals surface area (Å²) in [4.78, 5) is 29.6. The molecule has 5 N–H and O–H groups in total. The highest BCUT2D eigenvalue weighted by atomic mass is 32.2. The van der Waals surface area contributed by atoms with Crippen molar-refractivity contribution in [3.63, 3.8) is 0 Å². The average Bonchev–Trinajstić information content (AvgIpc) is 3.08. The van der Waals surface area contributed by atoms with Crippen molar-refractivity contribution >= 4 is 36.4 Å². The van der Waals surface area contributed by atoms with Gasteiger partial charge in [-0.2, -0.15) is 0 Å². The molecule has 0 aromatic carbocycles. The van der Waals surface area contributed by atoms with Crippen molar-refractivity contribution in [1.29, 1.82) is 0 Å². The van der Waals surface area contributed by atoms with Crippen molar-refractivity contribution in [1.82, 2.24) is 9.99 Å². The monoisotopic (exact) mass is 580 g/mol. The van der Waals surface area contributed by atoms with Crippen LogP contribution in [-0.2, 0) is 32.7 Å². The molecule has 0 aromatic heterocycles.